The van der Waals surface area contributed by atoms with Gasteiger partial charge in [0.05, 0.1) is 0 Å². The van der Waals surface area contributed by atoms with Crippen LogP contribution in [-0.4, -0.2) is 65.9 Å². The standard InChI is InChI=1S/C34H45F6NO9/c1-16-7-9-23-18(3)32(34(38,39)40,46-27-30(23)21(16)11-14-29(6,45-27)48-49-30)41-19(4)42-15-20-24-10-8-17(2)22-12-13-28(5)44-26(31(22,24)50-47-28)43-25(20)33(35,36)37/h16-18,21-24,26-27H,7-15H2,1-6H3/t16-,17-,18-,21?,22?,23+,24+,26-,27+,28-,29-,30-,31-,32-/m1/s1. The van der Waals surface area contributed by atoms with Crippen LogP contribution in [0.4, 0.5) is 26.3 Å². The number of nitrogens with zero attached hydrogens (tertiary/aromatic N) is 1. The molecule has 2 unspecified atom stereocenters. The fourth-order valence-corrected chi connectivity index (χ4v) is 10.8. The van der Waals surface area contributed by atoms with Gasteiger partial charge in [0, 0.05) is 49.0 Å². The molecule has 8 heterocycles. The summed E-state index contributed by atoms with van der Waals surface area (Å²) in [4.78, 5) is 27.5. The van der Waals surface area contributed by atoms with E-state index in [4.69, 9.17) is 43.2 Å². The number of alkyl halides is 6. The zero-order valence-electron chi connectivity index (χ0n) is 28.9. The fraction of sp³-hybridized carbons (Fsp3) is 0.912. The van der Waals surface area contributed by atoms with E-state index in [1.807, 2.05) is 13.8 Å². The van der Waals surface area contributed by atoms with Crippen LogP contribution in [0.5, 0.6) is 0 Å². The van der Waals surface area contributed by atoms with Crippen molar-refractivity contribution in [3.05, 3.63) is 11.3 Å². The first-order chi connectivity index (χ1) is 23.3. The lowest BCUT2D eigenvalue weighted by Crippen LogP contribution is -2.75. The summed E-state index contributed by atoms with van der Waals surface area (Å²) >= 11 is 0. The molecule has 0 aromatic heterocycles. The van der Waals surface area contributed by atoms with Crippen molar-refractivity contribution in [1.29, 1.82) is 0 Å². The third kappa shape index (κ3) is 4.83. The minimum Gasteiger partial charge on any atom is -0.477 e. The van der Waals surface area contributed by atoms with Crippen molar-refractivity contribution in [2.24, 2.45) is 46.4 Å². The molecule has 0 amide bonds. The van der Waals surface area contributed by atoms with Crippen molar-refractivity contribution in [3.63, 3.8) is 0 Å². The molecule has 0 radical (unpaired) electrons. The molecule has 2 saturated carbocycles. The lowest BCUT2D eigenvalue weighted by atomic mass is 9.56. The summed E-state index contributed by atoms with van der Waals surface area (Å²) in [5.74, 6) is -7.65. The van der Waals surface area contributed by atoms with Gasteiger partial charge < -0.3 is 23.7 Å². The Kier molecular flexibility index (Phi) is 7.90. The van der Waals surface area contributed by atoms with Crippen molar-refractivity contribution in [2.45, 2.75) is 146 Å². The number of hydrogen-bond acceptors (Lipinski definition) is 10. The fourth-order valence-electron chi connectivity index (χ4n) is 10.8. The SMILES string of the molecule is CC(=N[C@@]1(C(F)(F)F)O[C@@H]2O[C@@]3(C)CCC4[C@H](C)CC[C@@H]([C@H]1C)[C@]42OO3)OCC1=C(C(F)(F)F)O[C@@H]2O[C@@]3(C)CCC4[C@H](C)CC[C@@H]1[C@]42OO3. The Morgan fingerprint density at radius 2 is 1.32 bits per heavy atom. The summed E-state index contributed by atoms with van der Waals surface area (Å²) in [5, 5.41) is 0. The highest BCUT2D eigenvalue weighted by Crippen LogP contribution is 2.65. The lowest BCUT2D eigenvalue weighted by Gasteiger charge is -2.62. The third-order valence-electron chi connectivity index (χ3n) is 13.4. The smallest absolute Gasteiger partial charge is 0.449 e. The van der Waals surface area contributed by atoms with E-state index >= 15 is 13.2 Å². The summed E-state index contributed by atoms with van der Waals surface area (Å²) in [5.41, 5.74) is -6.13. The van der Waals surface area contributed by atoms with E-state index in [0.717, 1.165) is 0 Å². The second kappa shape index (κ2) is 11.2. The molecule has 282 valence electrons. The normalized spacial score (nSPS) is 51.7. The molecule has 0 N–H and O–H groups in total. The van der Waals surface area contributed by atoms with Gasteiger partial charge in [-0.15, -0.1) is 0 Å². The van der Waals surface area contributed by atoms with Crippen LogP contribution in [0.25, 0.3) is 0 Å². The van der Waals surface area contributed by atoms with Crippen LogP contribution in [0.3, 0.4) is 0 Å². The van der Waals surface area contributed by atoms with Gasteiger partial charge in [0.2, 0.25) is 23.6 Å². The Morgan fingerprint density at radius 1 is 0.740 bits per heavy atom. The third-order valence-corrected chi connectivity index (χ3v) is 13.4. The molecule has 10 rings (SSSR count). The summed E-state index contributed by atoms with van der Waals surface area (Å²) in [6.07, 6.45) is -9.03. The molecule has 4 bridgehead atoms. The summed E-state index contributed by atoms with van der Waals surface area (Å²) in [7, 11) is 0. The van der Waals surface area contributed by atoms with Crippen molar-refractivity contribution in [2.75, 3.05) is 6.61 Å². The first-order valence-corrected chi connectivity index (χ1v) is 17.8. The molecule has 0 aromatic rings. The maximum Gasteiger partial charge on any atom is 0.449 e. The maximum atomic E-state index is 15.4. The largest absolute Gasteiger partial charge is 0.477 e. The van der Waals surface area contributed by atoms with Crippen molar-refractivity contribution < 1.29 is 69.6 Å². The van der Waals surface area contributed by atoms with Gasteiger partial charge in [0.15, 0.2) is 23.4 Å². The van der Waals surface area contributed by atoms with Crippen molar-refractivity contribution in [3.8, 4) is 0 Å². The second-order valence-electron chi connectivity index (χ2n) is 16.3. The topological polar surface area (TPSA) is 95.4 Å². The molecule has 2 aliphatic carbocycles. The lowest BCUT2D eigenvalue weighted by molar-refractivity contribution is -0.583. The van der Waals surface area contributed by atoms with E-state index in [1.54, 1.807) is 13.8 Å². The number of allylic oxidation sites excluding steroid dienone is 1. The quantitative estimate of drug-likeness (QED) is 0.126. The molecule has 10 aliphatic rings. The Bertz CT molecular complexity index is 1460. The van der Waals surface area contributed by atoms with Crippen LogP contribution in [0.2, 0.25) is 0 Å². The summed E-state index contributed by atoms with van der Waals surface area (Å²) in [6.45, 7) is 9.10. The number of fused-ring (bicyclic) bond motifs is 4. The van der Waals surface area contributed by atoms with E-state index in [9.17, 15) is 13.2 Å². The molecule has 9 fully saturated rings. The molecule has 16 heteroatoms. The van der Waals surface area contributed by atoms with Gasteiger partial charge in [0.1, 0.15) is 6.61 Å². The average molecular weight is 726 g/mol. The number of ether oxygens (including phenoxy) is 5. The zero-order valence-corrected chi connectivity index (χ0v) is 28.9. The highest BCUT2D eigenvalue weighted by Gasteiger charge is 2.77. The monoisotopic (exact) mass is 725 g/mol. The van der Waals surface area contributed by atoms with Gasteiger partial charge >= 0.3 is 12.4 Å². The van der Waals surface area contributed by atoms with Gasteiger partial charge in [-0.25, -0.2) is 24.5 Å². The van der Waals surface area contributed by atoms with E-state index in [-0.39, 0.29) is 35.7 Å². The Hall–Kier alpha value is -1.69. The highest BCUT2D eigenvalue weighted by atomic mass is 19.4. The number of rotatable bonds is 3. The summed E-state index contributed by atoms with van der Waals surface area (Å²) in [6, 6.07) is 0. The first-order valence-electron chi connectivity index (χ1n) is 17.8. The Morgan fingerprint density at radius 3 is 1.94 bits per heavy atom. The van der Waals surface area contributed by atoms with Crippen LogP contribution < -0.4 is 0 Å². The van der Waals surface area contributed by atoms with Gasteiger partial charge in [-0.2, -0.15) is 26.3 Å². The molecular weight excluding hydrogens is 680 g/mol. The molecule has 10 nitrogen and oxygen atoms in total. The van der Waals surface area contributed by atoms with E-state index in [0.29, 0.717) is 44.9 Å². The van der Waals surface area contributed by atoms with Crippen LogP contribution in [0.15, 0.2) is 16.3 Å². The molecule has 14 atom stereocenters. The predicted molar refractivity (Wildman–Crippen MR) is 158 cm³/mol. The number of halogens is 6. The highest BCUT2D eigenvalue weighted by molar-refractivity contribution is 5.74. The molecule has 0 aromatic carbocycles. The van der Waals surface area contributed by atoms with Crippen LogP contribution >= 0.6 is 0 Å². The molecule has 50 heavy (non-hydrogen) atoms. The van der Waals surface area contributed by atoms with Gasteiger partial charge in [0.25, 0.3) is 5.72 Å². The van der Waals surface area contributed by atoms with Crippen LogP contribution in [0.1, 0.15) is 92.9 Å². The van der Waals surface area contributed by atoms with E-state index in [1.165, 1.54) is 13.8 Å². The first kappa shape index (κ1) is 35.3. The maximum absolute atomic E-state index is 15.4. The predicted octanol–water partition coefficient (Wildman–Crippen LogP) is 7.62. The zero-order chi connectivity index (χ0) is 35.9. The van der Waals surface area contributed by atoms with E-state index in [2.05, 4.69) is 4.99 Å². The Balaban J connectivity index is 1.15. The van der Waals surface area contributed by atoms with E-state index < -0.39 is 89.5 Å². The number of aliphatic imine (C=N–C) groups is 1. The molecule has 2 spiro atoms. The average Bonchev–Trinajstić information content (AvgIpc) is 3.40. The van der Waals surface area contributed by atoms with Gasteiger partial charge in [-0.05, 0) is 70.1 Å². The van der Waals surface area contributed by atoms with Crippen LogP contribution in [-0.2, 0) is 43.2 Å². The van der Waals surface area contributed by atoms with Gasteiger partial charge in [-0.1, -0.05) is 20.8 Å². The van der Waals surface area contributed by atoms with Gasteiger partial charge in [-0.3, -0.25) is 0 Å². The second-order valence-corrected chi connectivity index (χ2v) is 16.3. The summed E-state index contributed by atoms with van der Waals surface area (Å²) < 4.78 is 120. The van der Waals surface area contributed by atoms with Crippen molar-refractivity contribution in [1.82, 2.24) is 0 Å². The molecule has 8 aliphatic heterocycles. The molecular formula is C34H45F6NO9. The Labute approximate surface area is 286 Å². The van der Waals surface area contributed by atoms with Crippen molar-refractivity contribution >= 4 is 5.90 Å². The van der Waals surface area contributed by atoms with Crippen LogP contribution in [0, 0.1) is 41.4 Å². The number of hydrogen-bond donors (Lipinski definition) is 0. The molecule has 7 saturated heterocycles. The minimum atomic E-state index is -5.06. The minimum absolute atomic E-state index is 0.0586.